The molecule has 4 nitrogen and oxygen atoms in total. The summed E-state index contributed by atoms with van der Waals surface area (Å²) in [6.07, 6.45) is 3.35. The van der Waals surface area contributed by atoms with Gasteiger partial charge < -0.3 is 9.13 Å². The Hall–Kier alpha value is -6.00. The van der Waals surface area contributed by atoms with Crippen LogP contribution in [0.3, 0.4) is 0 Å². The molecule has 0 bridgehead atoms. The summed E-state index contributed by atoms with van der Waals surface area (Å²) in [5, 5.41) is 6.83. The van der Waals surface area contributed by atoms with Crippen LogP contribution in [0.4, 0.5) is 0 Å². The van der Waals surface area contributed by atoms with E-state index < -0.39 is 0 Å². The van der Waals surface area contributed by atoms with E-state index in [2.05, 4.69) is 142 Å². The van der Waals surface area contributed by atoms with Crippen LogP contribution in [-0.2, 0) is 0 Å². The predicted molar refractivity (Wildman–Crippen MR) is 180 cm³/mol. The van der Waals surface area contributed by atoms with Gasteiger partial charge in [0.05, 0.1) is 27.8 Å². The number of aromatic nitrogens is 3. The van der Waals surface area contributed by atoms with Crippen molar-refractivity contribution >= 4 is 60.2 Å². The summed E-state index contributed by atoms with van der Waals surface area (Å²) in [7, 11) is 0. The molecule has 9 aromatic rings. The van der Waals surface area contributed by atoms with Crippen molar-refractivity contribution in [3.8, 4) is 11.4 Å². The summed E-state index contributed by atoms with van der Waals surface area (Å²) >= 11 is 0. The van der Waals surface area contributed by atoms with Crippen LogP contribution in [0, 0.1) is 0 Å². The van der Waals surface area contributed by atoms with Crippen molar-refractivity contribution in [2.24, 2.45) is 0 Å². The fourth-order valence-corrected chi connectivity index (χ4v) is 6.82. The summed E-state index contributed by atoms with van der Waals surface area (Å²) in [4.78, 5) is 18.5. The first-order valence-corrected chi connectivity index (χ1v) is 14.8. The molecule has 0 radical (unpaired) electrons. The molecule has 3 aromatic heterocycles. The third kappa shape index (κ3) is 3.58. The Balaban J connectivity index is 1.35. The SMILES string of the molecule is O=C(c1ccncc1)c1cc2cc(-n3c4ccccc4c4ccccc43)ccc2cc1-n1c2ccccc2c2ccccc21. The lowest BCUT2D eigenvalue weighted by Crippen LogP contribution is -2.08. The van der Waals surface area contributed by atoms with E-state index in [1.54, 1.807) is 24.5 Å². The smallest absolute Gasteiger partial charge is 0.195 e. The number of carbonyl (C=O) groups is 1. The van der Waals surface area contributed by atoms with Gasteiger partial charge in [-0.3, -0.25) is 9.78 Å². The number of fused-ring (bicyclic) bond motifs is 7. The first kappa shape index (κ1) is 24.6. The van der Waals surface area contributed by atoms with Gasteiger partial charge in [0.15, 0.2) is 5.78 Å². The van der Waals surface area contributed by atoms with Gasteiger partial charge in [0.1, 0.15) is 0 Å². The Kier molecular flexibility index (Phi) is 5.32. The fraction of sp³-hybridized carbons (Fsp3) is 0. The van der Waals surface area contributed by atoms with Crippen molar-refractivity contribution in [3.63, 3.8) is 0 Å². The van der Waals surface area contributed by atoms with E-state index in [-0.39, 0.29) is 5.78 Å². The lowest BCUT2D eigenvalue weighted by Gasteiger charge is -2.16. The molecule has 3 heterocycles. The lowest BCUT2D eigenvalue weighted by atomic mass is 9.97. The fourth-order valence-electron chi connectivity index (χ4n) is 6.82. The monoisotopic (exact) mass is 563 g/mol. The highest BCUT2D eigenvalue weighted by Gasteiger charge is 2.21. The van der Waals surface area contributed by atoms with Crippen molar-refractivity contribution in [1.82, 2.24) is 14.1 Å². The minimum absolute atomic E-state index is 0.0339. The molecule has 44 heavy (non-hydrogen) atoms. The zero-order valence-electron chi connectivity index (χ0n) is 23.7. The van der Waals surface area contributed by atoms with Gasteiger partial charge in [-0.25, -0.2) is 0 Å². The zero-order chi connectivity index (χ0) is 29.2. The highest BCUT2D eigenvalue weighted by molar-refractivity contribution is 6.16. The molecular formula is C40H25N3O. The van der Waals surface area contributed by atoms with E-state index in [0.29, 0.717) is 11.1 Å². The molecule has 6 aromatic carbocycles. The van der Waals surface area contributed by atoms with Gasteiger partial charge >= 0.3 is 0 Å². The van der Waals surface area contributed by atoms with Crippen LogP contribution < -0.4 is 0 Å². The van der Waals surface area contributed by atoms with Gasteiger partial charge in [0, 0.05) is 50.8 Å². The second kappa shape index (κ2) is 9.51. The summed E-state index contributed by atoms with van der Waals surface area (Å²) < 4.78 is 4.55. The van der Waals surface area contributed by atoms with Crippen LogP contribution in [0.15, 0.2) is 152 Å². The van der Waals surface area contributed by atoms with Crippen LogP contribution in [-0.4, -0.2) is 19.9 Å². The van der Waals surface area contributed by atoms with Gasteiger partial charge in [-0.1, -0.05) is 78.9 Å². The van der Waals surface area contributed by atoms with Gasteiger partial charge in [0.2, 0.25) is 0 Å². The Labute approximate surface area is 253 Å². The Morgan fingerprint density at radius 1 is 0.477 bits per heavy atom. The van der Waals surface area contributed by atoms with Gasteiger partial charge in [-0.05, 0) is 71.4 Å². The van der Waals surface area contributed by atoms with E-state index in [4.69, 9.17) is 0 Å². The molecule has 0 aliphatic rings. The summed E-state index contributed by atoms with van der Waals surface area (Å²) in [6.45, 7) is 0. The van der Waals surface area contributed by atoms with E-state index in [9.17, 15) is 4.79 Å². The molecule has 0 saturated carbocycles. The number of hydrogen-bond donors (Lipinski definition) is 0. The standard InChI is InChI=1S/C40H25N3O/c44-40(26-19-21-41-22-20-26)34-24-28-23-29(42-35-13-5-1-9-30(35)31-10-2-6-14-36(31)42)18-17-27(28)25-39(34)43-37-15-7-3-11-32(37)33-12-4-8-16-38(33)43/h1-25H. The van der Waals surface area contributed by atoms with Crippen LogP contribution >= 0.6 is 0 Å². The molecular weight excluding hydrogens is 538 g/mol. The van der Waals surface area contributed by atoms with Crippen molar-refractivity contribution in [1.29, 1.82) is 0 Å². The molecule has 0 atom stereocenters. The number of rotatable bonds is 4. The highest BCUT2D eigenvalue weighted by atomic mass is 16.1. The van der Waals surface area contributed by atoms with E-state index in [0.717, 1.165) is 55.0 Å². The van der Waals surface area contributed by atoms with E-state index >= 15 is 0 Å². The van der Waals surface area contributed by atoms with Crippen molar-refractivity contribution in [2.75, 3.05) is 0 Å². The number of pyridine rings is 1. The quantitative estimate of drug-likeness (QED) is 0.200. The number of benzene rings is 6. The van der Waals surface area contributed by atoms with Gasteiger partial charge in [-0.15, -0.1) is 0 Å². The van der Waals surface area contributed by atoms with Gasteiger partial charge in [-0.2, -0.15) is 0 Å². The predicted octanol–water partition coefficient (Wildman–Crippen LogP) is 9.66. The number of para-hydroxylation sites is 4. The molecule has 0 saturated heterocycles. The topological polar surface area (TPSA) is 39.8 Å². The molecule has 0 aliphatic heterocycles. The second-order valence-electron chi connectivity index (χ2n) is 11.2. The maximum absolute atomic E-state index is 14.3. The van der Waals surface area contributed by atoms with Gasteiger partial charge in [0.25, 0.3) is 0 Å². The molecule has 4 heteroatoms. The van der Waals surface area contributed by atoms with Crippen LogP contribution in [0.5, 0.6) is 0 Å². The molecule has 0 fully saturated rings. The average Bonchev–Trinajstić information content (AvgIpc) is 3.61. The summed E-state index contributed by atoms with van der Waals surface area (Å²) in [6, 6.07) is 48.2. The van der Waals surface area contributed by atoms with Crippen molar-refractivity contribution < 1.29 is 4.79 Å². The maximum atomic E-state index is 14.3. The Morgan fingerprint density at radius 3 is 1.52 bits per heavy atom. The summed E-state index contributed by atoms with van der Waals surface area (Å²) in [5.41, 5.74) is 7.63. The third-order valence-electron chi connectivity index (χ3n) is 8.78. The summed E-state index contributed by atoms with van der Waals surface area (Å²) in [5.74, 6) is -0.0339. The Bertz CT molecular complexity index is 2470. The molecule has 9 rings (SSSR count). The number of nitrogens with zero attached hydrogens (tertiary/aromatic N) is 3. The van der Waals surface area contributed by atoms with Crippen molar-refractivity contribution in [2.45, 2.75) is 0 Å². The highest BCUT2D eigenvalue weighted by Crippen LogP contribution is 2.37. The van der Waals surface area contributed by atoms with E-state index in [1.807, 2.05) is 0 Å². The maximum Gasteiger partial charge on any atom is 0.195 e. The van der Waals surface area contributed by atoms with Crippen LogP contribution in [0.25, 0.3) is 65.8 Å². The normalized spacial score (nSPS) is 11.7. The average molecular weight is 564 g/mol. The molecule has 0 N–H and O–H groups in total. The number of ketones is 1. The lowest BCUT2D eigenvalue weighted by molar-refractivity contribution is 0.103. The largest absolute Gasteiger partial charge is 0.309 e. The first-order valence-electron chi connectivity index (χ1n) is 14.8. The molecule has 206 valence electrons. The zero-order valence-corrected chi connectivity index (χ0v) is 23.7. The number of carbonyl (C=O) groups excluding carboxylic acids is 1. The number of hydrogen-bond acceptors (Lipinski definition) is 2. The first-order chi connectivity index (χ1) is 21.8. The Morgan fingerprint density at radius 2 is 0.977 bits per heavy atom. The van der Waals surface area contributed by atoms with E-state index in [1.165, 1.54) is 10.8 Å². The molecule has 0 unspecified atom stereocenters. The minimum Gasteiger partial charge on any atom is -0.309 e. The molecule has 0 amide bonds. The van der Waals surface area contributed by atoms with Crippen LogP contribution in [0.2, 0.25) is 0 Å². The van der Waals surface area contributed by atoms with Crippen LogP contribution in [0.1, 0.15) is 15.9 Å². The van der Waals surface area contributed by atoms with Crippen molar-refractivity contribution in [3.05, 3.63) is 163 Å². The minimum atomic E-state index is -0.0339. The third-order valence-corrected chi connectivity index (χ3v) is 8.78. The second-order valence-corrected chi connectivity index (χ2v) is 11.2. The molecule has 0 spiro atoms. The molecule has 0 aliphatic carbocycles.